The normalized spacial score (nSPS) is 11.7. The Morgan fingerprint density at radius 2 is 1.89 bits per heavy atom. The van der Waals surface area contributed by atoms with Crippen LogP contribution >= 0.6 is 0 Å². The fraction of sp³-hybridized carbons (Fsp3) is 0.389. The molecule has 0 bridgehead atoms. The van der Waals surface area contributed by atoms with Crippen molar-refractivity contribution in [2.45, 2.75) is 26.4 Å². The largest absolute Gasteiger partial charge is 0.493 e. The van der Waals surface area contributed by atoms with Crippen molar-refractivity contribution in [2.24, 2.45) is 0 Å². The summed E-state index contributed by atoms with van der Waals surface area (Å²) in [5, 5.41) is 24.1. The van der Waals surface area contributed by atoms with E-state index in [0.717, 1.165) is 6.07 Å². The molecule has 146 valence electrons. The fourth-order valence-corrected chi connectivity index (χ4v) is 2.76. The zero-order valence-corrected chi connectivity index (χ0v) is 15.6. The monoisotopic (exact) mass is 378 g/mol. The molecule has 0 aliphatic rings. The van der Waals surface area contributed by atoms with E-state index < -0.39 is 22.6 Å². The summed E-state index contributed by atoms with van der Waals surface area (Å²) in [6.07, 6.45) is -0.588. The van der Waals surface area contributed by atoms with Crippen LogP contribution in [-0.4, -0.2) is 36.7 Å². The maximum absolute atomic E-state index is 12.4. The standard InChI is InChI=1S/C18H22N2O7/c1-10-7-12(11(2)27-10)15(21)5-6-19-18(22)13-8-16(25-3)17(26-4)9-14(13)20(23)24/h7-9,15,21H,5-6H2,1-4H3,(H,19,22). The maximum atomic E-state index is 12.4. The Kier molecular flexibility index (Phi) is 6.40. The molecule has 9 nitrogen and oxygen atoms in total. The van der Waals surface area contributed by atoms with Crippen molar-refractivity contribution in [1.29, 1.82) is 0 Å². The lowest BCUT2D eigenvalue weighted by atomic mass is 10.1. The predicted octanol–water partition coefficient (Wildman–Crippen LogP) is 2.68. The first-order valence-electron chi connectivity index (χ1n) is 8.22. The maximum Gasteiger partial charge on any atom is 0.286 e. The number of methoxy groups -OCH3 is 2. The molecule has 0 radical (unpaired) electrons. The molecule has 0 saturated heterocycles. The van der Waals surface area contributed by atoms with Crippen LogP contribution in [-0.2, 0) is 0 Å². The van der Waals surface area contributed by atoms with Gasteiger partial charge >= 0.3 is 0 Å². The molecule has 1 unspecified atom stereocenters. The summed E-state index contributed by atoms with van der Waals surface area (Å²) in [4.78, 5) is 23.0. The van der Waals surface area contributed by atoms with Crippen molar-refractivity contribution in [3.63, 3.8) is 0 Å². The Hall–Kier alpha value is -3.07. The smallest absolute Gasteiger partial charge is 0.286 e. The topological polar surface area (TPSA) is 124 Å². The summed E-state index contributed by atoms with van der Waals surface area (Å²) < 4.78 is 15.5. The van der Waals surface area contributed by atoms with Gasteiger partial charge in [0.15, 0.2) is 11.5 Å². The predicted molar refractivity (Wildman–Crippen MR) is 96.3 cm³/mol. The second-order valence-electron chi connectivity index (χ2n) is 5.91. The number of aliphatic hydroxyl groups is 1. The summed E-state index contributed by atoms with van der Waals surface area (Å²) in [6, 6.07) is 4.13. The van der Waals surface area contributed by atoms with Gasteiger partial charge in [-0.05, 0) is 26.3 Å². The third-order valence-corrected chi connectivity index (χ3v) is 4.08. The Bertz CT molecular complexity index is 844. The molecule has 1 heterocycles. The highest BCUT2D eigenvalue weighted by Crippen LogP contribution is 2.34. The highest BCUT2D eigenvalue weighted by atomic mass is 16.6. The molecular formula is C18H22N2O7. The van der Waals surface area contributed by atoms with Gasteiger partial charge in [0, 0.05) is 18.2 Å². The summed E-state index contributed by atoms with van der Waals surface area (Å²) in [7, 11) is 2.72. The number of hydrogen-bond donors (Lipinski definition) is 2. The quantitative estimate of drug-likeness (QED) is 0.534. The highest BCUT2D eigenvalue weighted by Gasteiger charge is 2.24. The van der Waals surface area contributed by atoms with Crippen molar-refractivity contribution in [3.8, 4) is 11.5 Å². The van der Waals surface area contributed by atoms with E-state index in [-0.39, 0.29) is 30.0 Å². The number of furan rings is 1. The van der Waals surface area contributed by atoms with Crippen molar-refractivity contribution in [1.82, 2.24) is 5.32 Å². The number of amides is 1. The van der Waals surface area contributed by atoms with Gasteiger partial charge in [-0.15, -0.1) is 0 Å². The van der Waals surface area contributed by atoms with E-state index >= 15 is 0 Å². The third-order valence-electron chi connectivity index (χ3n) is 4.08. The molecule has 0 aliphatic carbocycles. The van der Waals surface area contributed by atoms with Gasteiger partial charge in [0.2, 0.25) is 0 Å². The summed E-state index contributed by atoms with van der Waals surface area (Å²) in [6.45, 7) is 3.65. The van der Waals surface area contributed by atoms with Gasteiger partial charge in [0.05, 0.1) is 31.3 Å². The molecule has 0 aliphatic heterocycles. The van der Waals surface area contributed by atoms with Gasteiger partial charge in [-0.3, -0.25) is 14.9 Å². The number of aryl methyl sites for hydroxylation is 2. The Morgan fingerprint density at radius 3 is 2.41 bits per heavy atom. The van der Waals surface area contributed by atoms with E-state index in [9.17, 15) is 20.0 Å². The van der Waals surface area contributed by atoms with Gasteiger partial charge in [-0.25, -0.2) is 0 Å². The average Bonchev–Trinajstić information content (AvgIpc) is 2.98. The van der Waals surface area contributed by atoms with Gasteiger partial charge in [-0.2, -0.15) is 0 Å². The zero-order chi connectivity index (χ0) is 20.1. The molecule has 0 spiro atoms. The van der Waals surface area contributed by atoms with Gasteiger partial charge in [0.25, 0.3) is 11.6 Å². The van der Waals surface area contributed by atoms with E-state index in [0.29, 0.717) is 17.1 Å². The first-order valence-corrected chi connectivity index (χ1v) is 8.22. The lowest BCUT2D eigenvalue weighted by Gasteiger charge is -2.12. The van der Waals surface area contributed by atoms with Crippen LogP contribution in [0.25, 0.3) is 0 Å². The van der Waals surface area contributed by atoms with Crippen LogP contribution in [0, 0.1) is 24.0 Å². The van der Waals surface area contributed by atoms with Gasteiger partial charge < -0.3 is 24.3 Å². The molecule has 1 aromatic carbocycles. The van der Waals surface area contributed by atoms with Crippen LogP contribution in [0.4, 0.5) is 5.69 Å². The molecule has 9 heteroatoms. The average molecular weight is 378 g/mol. The SMILES string of the molecule is COc1cc(C(=O)NCCC(O)c2cc(C)oc2C)c([N+](=O)[O-])cc1OC. The highest BCUT2D eigenvalue weighted by molar-refractivity contribution is 5.99. The molecule has 2 N–H and O–H groups in total. The van der Waals surface area contributed by atoms with Crippen molar-refractivity contribution in [3.05, 3.63) is 51.0 Å². The summed E-state index contributed by atoms with van der Waals surface area (Å²) in [5.41, 5.74) is 0.105. The lowest BCUT2D eigenvalue weighted by Crippen LogP contribution is -2.26. The number of nitrogens with zero attached hydrogens (tertiary/aromatic N) is 1. The molecule has 1 atom stereocenters. The number of nitro groups is 1. The Labute approximate surface area is 156 Å². The number of carbonyl (C=O) groups is 1. The minimum atomic E-state index is -0.817. The second-order valence-corrected chi connectivity index (χ2v) is 5.91. The number of benzene rings is 1. The van der Waals surface area contributed by atoms with E-state index in [2.05, 4.69) is 5.32 Å². The summed E-state index contributed by atoms with van der Waals surface area (Å²) in [5.74, 6) is 1.02. The van der Waals surface area contributed by atoms with E-state index in [1.807, 2.05) is 0 Å². The number of carbonyl (C=O) groups excluding carboxylic acids is 1. The minimum absolute atomic E-state index is 0.120. The first kappa shape index (κ1) is 20.2. The number of ether oxygens (including phenoxy) is 2. The molecule has 1 amide bonds. The van der Waals surface area contributed by atoms with Crippen molar-refractivity contribution >= 4 is 11.6 Å². The van der Waals surface area contributed by atoms with E-state index in [1.54, 1.807) is 19.9 Å². The van der Waals surface area contributed by atoms with Crippen LogP contribution in [0.15, 0.2) is 22.6 Å². The van der Waals surface area contributed by atoms with Gasteiger partial charge in [-0.1, -0.05) is 0 Å². The van der Waals surface area contributed by atoms with Crippen LogP contribution in [0.1, 0.15) is 40.0 Å². The fourth-order valence-electron chi connectivity index (χ4n) is 2.76. The van der Waals surface area contributed by atoms with Crippen molar-refractivity contribution < 1.29 is 28.7 Å². The van der Waals surface area contributed by atoms with E-state index in [4.69, 9.17) is 13.9 Å². The number of nitrogens with one attached hydrogen (secondary N) is 1. The zero-order valence-electron chi connectivity index (χ0n) is 15.6. The summed E-state index contributed by atoms with van der Waals surface area (Å²) >= 11 is 0. The Balaban J connectivity index is 2.11. The molecule has 27 heavy (non-hydrogen) atoms. The number of rotatable bonds is 8. The van der Waals surface area contributed by atoms with Crippen LogP contribution in [0.3, 0.4) is 0 Å². The third kappa shape index (κ3) is 4.56. The molecule has 0 fully saturated rings. The number of aliphatic hydroxyl groups excluding tert-OH is 1. The first-order chi connectivity index (χ1) is 12.8. The Morgan fingerprint density at radius 1 is 1.26 bits per heavy atom. The van der Waals surface area contributed by atoms with Crippen LogP contribution in [0.2, 0.25) is 0 Å². The minimum Gasteiger partial charge on any atom is -0.493 e. The molecule has 2 rings (SSSR count). The van der Waals surface area contributed by atoms with E-state index in [1.165, 1.54) is 20.3 Å². The molecular weight excluding hydrogens is 356 g/mol. The number of hydrogen-bond acceptors (Lipinski definition) is 7. The molecule has 1 aromatic heterocycles. The van der Waals surface area contributed by atoms with Crippen LogP contribution < -0.4 is 14.8 Å². The second kappa shape index (κ2) is 8.54. The molecule has 0 saturated carbocycles. The van der Waals surface area contributed by atoms with Crippen LogP contribution in [0.5, 0.6) is 11.5 Å². The van der Waals surface area contributed by atoms with Gasteiger partial charge in [0.1, 0.15) is 17.1 Å². The molecule has 2 aromatic rings. The lowest BCUT2D eigenvalue weighted by molar-refractivity contribution is -0.385. The number of nitro benzene ring substituents is 1. The van der Waals surface area contributed by atoms with Crippen molar-refractivity contribution in [2.75, 3.05) is 20.8 Å².